The van der Waals surface area contributed by atoms with Gasteiger partial charge in [-0.3, -0.25) is 9.36 Å². The molecule has 0 radical (unpaired) electrons. The third-order valence-electron chi connectivity index (χ3n) is 7.22. The van der Waals surface area contributed by atoms with E-state index in [2.05, 4.69) is 15.2 Å². The number of hydrogen-bond acceptors (Lipinski definition) is 8. The molecule has 3 aliphatic heterocycles. The van der Waals surface area contributed by atoms with E-state index in [-0.39, 0.29) is 23.7 Å². The zero-order valence-corrected chi connectivity index (χ0v) is 20.1. The molecule has 2 fully saturated rings. The number of hydrogen-bond donors (Lipinski definition) is 3. The lowest BCUT2D eigenvalue weighted by Gasteiger charge is -2.31. The maximum atomic E-state index is 13.0. The molecule has 10 nitrogen and oxygen atoms in total. The average molecular weight is 482 g/mol. The van der Waals surface area contributed by atoms with Crippen LogP contribution in [0.15, 0.2) is 29.2 Å². The molecule has 188 valence electrons. The number of fused-ring (bicyclic) bond motifs is 2. The molecule has 2 aromatic rings. The summed E-state index contributed by atoms with van der Waals surface area (Å²) < 4.78 is 7.83. The number of piperidine rings is 1. The third kappa shape index (κ3) is 5.19. The molecule has 2 atom stereocenters. The van der Waals surface area contributed by atoms with Crippen LogP contribution in [0.5, 0.6) is 11.5 Å². The van der Waals surface area contributed by atoms with Gasteiger partial charge >= 0.3 is 5.69 Å². The highest BCUT2D eigenvalue weighted by molar-refractivity contribution is 5.96. The predicted molar refractivity (Wildman–Crippen MR) is 134 cm³/mol. The minimum Gasteiger partial charge on any atom is -0.450 e. The molecule has 0 bridgehead atoms. The van der Waals surface area contributed by atoms with Crippen molar-refractivity contribution in [2.24, 2.45) is 11.5 Å². The highest BCUT2D eigenvalue weighted by Crippen LogP contribution is 2.41. The Morgan fingerprint density at radius 3 is 2.83 bits per heavy atom. The molecule has 3 aliphatic rings. The van der Waals surface area contributed by atoms with Gasteiger partial charge < -0.3 is 31.3 Å². The van der Waals surface area contributed by atoms with Crippen LogP contribution < -0.4 is 27.2 Å². The molecule has 35 heavy (non-hydrogen) atoms. The Bertz CT molecular complexity index is 1130. The van der Waals surface area contributed by atoms with Crippen molar-refractivity contribution < 1.29 is 9.53 Å². The maximum absolute atomic E-state index is 13.0. The number of rotatable bonds is 5. The highest BCUT2D eigenvalue weighted by atomic mass is 16.5. The summed E-state index contributed by atoms with van der Waals surface area (Å²) >= 11 is 0. The molecule has 1 amide bonds. The number of amides is 1. The molecule has 1 aromatic heterocycles. The zero-order chi connectivity index (χ0) is 24.4. The van der Waals surface area contributed by atoms with E-state index in [1.54, 1.807) is 33.9 Å². The second-order valence-corrected chi connectivity index (χ2v) is 9.80. The van der Waals surface area contributed by atoms with Crippen LogP contribution in [0.25, 0.3) is 0 Å². The van der Waals surface area contributed by atoms with Crippen molar-refractivity contribution >= 4 is 17.4 Å². The highest BCUT2D eigenvalue weighted by Gasteiger charge is 2.27. The molecular formula is C25H35N7O3. The van der Waals surface area contributed by atoms with E-state index in [0.717, 1.165) is 58.2 Å². The number of nitrogens with two attached hydrogens (primary N) is 2. The van der Waals surface area contributed by atoms with E-state index in [0.29, 0.717) is 48.2 Å². The van der Waals surface area contributed by atoms with Crippen molar-refractivity contribution in [3.8, 4) is 11.5 Å². The van der Waals surface area contributed by atoms with E-state index in [4.69, 9.17) is 16.2 Å². The number of carbonyl (C=O) groups is 1. The topological polar surface area (TPSA) is 132 Å². The summed E-state index contributed by atoms with van der Waals surface area (Å²) in [5, 5.41) is 3.20. The number of nitrogens with one attached hydrogen (secondary N) is 1. The summed E-state index contributed by atoms with van der Waals surface area (Å²) in [4.78, 5) is 34.4. The molecule has 10 heteroatoms. The first-order chi connectivity index (χ1) is 17.0. The maximum Gasteiger partial charge on any atom is 0.350 e. The van der Waals surface area contributed by atoms with Gasteiger partial charge in [0.2, 0.25) is 0 Å². The summed E-state index contributed by atoms with van der Waals surface area (Å²) in [6.45, 7) is 4.94. The van der Waals surface area contributed by atoms with E-state index >= 15 is 0 Å². The van der Waals surface area contributed by atoms with Crippen LogP contribution in [0.1, 0.15) is 54.9 Å². The van der Waals surface area contributed by atoms with Gasteiger partial charge in [0.15, 0.2) is 17.3 Å². The van der Waals surface area contributed by atoms with Gasteiger partial charge in [-0.2, -0.15) is 4.98 Å². The van der Waals surface area contributed by atoms with Crippen molar-refractivity contribution in [3.63, 3.8) is 0 Å². The second kappa shape index (κ2) is 10.3. The molecule has 1 aromatic carbocycles. The number of aromatic nitrogens is 2. The third-order valence-corrected chi connectivity index (χ3v) is 7.22. The molecule has 4 heterocycles. The minimum absolute atomic E-state index is 0.0208. The molecule has 0 aliphatic carbocycles. The van der Waals surface area contributed by atoms with E-state index < -0.39 is 0 Å². The van der Waals surface area contributed by atoms with Crippen molar-refractivity contribution in [1.29, 1.82) is 0 Å². The van der Waals surface area contributed by atoms with Gasteiger partial charge in [-0.25, -0.2) is 4.79 Å². The molecule has 2 saturated heterocycles. The number of anilines is 2. The summed E-state index contributed by atoms with van der Waals surface area (Å²) in [7, 11) is 0. The Morgan fingerprint density at radius 1 is 1.14 bits per heavy atom. The van der Waals surface area contributed by atoms with E-state index in [1.165, 1.54) is 0 Å². The molecule has 0 saturated carbocycles. The molecule has 5 rings (SSSR count). The van der Waals surface area contributed by atoms with Crippen LogP contribution in [0.4, 0.5) is 11.5 Å². The van der Waals surface area contributed by atoms with Gasteiger partial charge in [0.1, 0.15) is 0 Å². The van der Waals surface area contributed by atoms with Crippen molar-refractivity contribution in [2.75, 3.05) is 44.6 Å². The summed E-state index contributed by atoms with van der Waals surface area (Å²) in [6.07, 6.45) is 7.46. The number of benzene rings is 1. The fourth-order valence-corrected chi connectivity index (χ4v) is 5.30. The number of likely N-dealkylation sites (tertiary alicyclic amines) is 2. The van der Waals surface area contributed by atoms with Gasteiger partial charge in [0.25, 0.3) is 5.91 Å². The van der Waals surface area contributed by atoms with E-state index in [1.807, 2.05) is 0 Å². The van der Waals surface area contributed by atoms with Crippen LogP contribution >= 0.6 is 0 Å². The number of nitrogens with zero attached hydrogens (tertiary/aromatic N) is 4. The molecular weight excluding hydrogens is 446 g/mol. The normalized spacial score (nSPS) is 22.4. The van der Waals surface area contributed by atoms with Crippen LogP contribution in [-0.2, 0) is 0 Å². The van der Waals surface area contributed by atoms with Gasteiger partial charge in [0.05, 0.1) is 11.9 Å². The van der Waals surface area contributed by atoms with Crippen LogP contribution in [0.3, 0.4) is 0 Å². The Kier molecular flexibility index (Phi) is 7.03. The quantitative estimate of drug-likeness (QED) is 0.504. The lowest BCUT2D eigenvalue weighted by Crippen LogP contribution is -2.45. The number of ether oxygens (including phenoxy) is 1. The second-order valence-electron chi connectivity index (χ2n) is 9.80. The van der Waals surface area contributed by atoms with Crippen molar-refractivity contribution in [2.45, 2.75) is 50.6 Å². The fourth-order valence-electron chi connectivity index (χ4n) is 5.30. The van der Waals surface area contributed by atoms with Crippen molar-refractivity contribution in [1.82, 2.24) is 19.4 Å². The zero-order valence-electron chi connectivity index (χ0n) is 20.1. The van der Waals surface area contributed by atoms with Crippen LogP contribution in [0.2, 0.25) is 0 Å². The first kappa shape index (κ1) is 23.8. The largest absolute Gasteiger partial charge is 0.450 e. The monoisotopic (exact) mass is 481 g/mol. The summed E-state index contributed by atoms with van der Waals surface area (Å²) in [5.74, 6) is 1.45. The van der Waals surface area contributed by atoms with Gasteiger partial charge in [0, 0.05) is 37.3 Å². The summed E-state index contributed by atoms with van der Waals surface area (Å²) in [5.41, 5.74) is 12.6. The standard InChI is InChI=1S/C25H35N7O3/c26-9-3-11-30-10-2-5-19(8-13-30)32-16-22-23(29-25(32)34)28-20-14-17(6-7-21(20)35-22)24(33)31-12-1-4-18(27)15-31/h6-7,14,16,18-19H,1-5,8-13,15,26-27H2,(H,28,29,34)/t18-,19?/m1/s1. The first-order valence-electron chi connectivity index (χ1n) is 12.7. The Labute approximate surface area is 205 Å². The van der Waals surface area contributed by atoms with Gasteiger partial charge in [-0.05, 0) is 76.4 Å². The lowest BCUT2D eigenvalue weighted by molar-refractivity contribution is 0.0709. The number of carbonyl (C=O) groups excluding carboxylic acids is 1. The molecule has 1 unspecified atom stereocenters. The Hall–Kier alpha value is -2.95. The van der Waals surface area contributed by atoms with Gasteiger partial charge in [-0.15, -0.1) is 0 Å². The minimum atomic E-state index is -0.293. The molecule has 5 N–H and O–H groups in total. The summed E-state index contributed by atoms with van der Waals surface area (Å²) in [6, 6.07) is 5.43. The Morgan fingerprint density at radius 2 is 2.00 bits per heavy atom. The smallest absolute Gasteiger partial charge is 0.350 e. The first-order valence-corrected chi connectivity index (χ1v) is 12.7. The molecule has 0 spiro atoms. The van der Waals surface area contributed by atoms with E-state index in [9.17, 15) is 9.59 Å². The van der Waals surface area contributed by atoms with Crippen LogP contribution in [0, 0.1) is 0 Å². The predicted octanol–water partition coefficient (Wildman–Crippen LogP) is 2.03. The van der Waals surface area contributed by atoms with Crippen molar-refractivity contribution in [3.05, 3.63) is 40.4 Å². The lowest BCUT2D eigenvalue weighted by atomic mass is 10.0. The average Bonchev–Trinajstić information content (AvgIpc) is 3.10. The Balaban J connectivity index is 1.31. The van der Waals surface area contributed by atoms with Gasteiger partial charge in [-0.1, -0.05) is 0 Å². The van der Waals surface area contributed by atoms with Crippen LogP contribution in [-0.4, -0.2) is 70.6 Å². The SMILES string of the molecule is NCCCN1CCCC(n2cc3c(nc2=O)Nc2cc(C(=O)N4CCC[C@@H](N)C4)ccc2O3)CC1. The fraction of sp³-hybridized carbons (Fsp3) is 0.560.